The molecule has 26 heavy (non-hydrogen) atoms. The first-order chi connectivity index (χ1) is 11.9. The topological polar surface area (TPSA) is 81.8 Å². The molecule has 1 heterocycles. The van der Waals surface area contributed by atoms with E-state index in [1.165, 1.54) is 10.4 Å². The highest BCUT2D eigenvalue weighted by atomic mass is 35.5. The molecule has 0 bridgehead atoms. The van der Waals surface area contributed by atoms with Gasteiger partial charge in [-0.25, -0.2) is 8.42 Å². The van der Waals surface area contributed by atoms with Crippen molar-refractivity contribution in [2.45, 2.75) is 31.7 Å². The highest BCUT2D eigenvalue weighted by molar-refractivity contribution is 7.89. The van der Waals surface area contributed by atoms with Gasteiger partial charge in [-0.05, 0) is 25.1 Å². The number of nitrogens with one attached hydrogen (secondary N) is 2. The molecule has 9 heteroatoms. The van der Waals surface area contributed by atoms with Crippen LogP contribution in [-0.2, 0) is 14.8 Å². The van der Waals surface area contributed by atoms with Gasteiger partial charge in [0.25, 0.3) is 0 Å². The number of piperazine rings is 1. The van der Waals surface area contributed by atoms with Gasteiger partial charge in [-0.15, -0.1) is 12.4 Å². The molecule has 0 aromatic heterocycles. The van der Waals surface area contributed by atoms with E-state index in [9.17, 15) is 13.2 Å². The molecule has 0 unspecified atom stereocenters. The van der Waals surface area contributed by atoms with Gasteiger partial charge < -0.3 is 10.6 Å². The van der Waals surface area contributed by atoms with Crippen molar-refractivity contribution in [3.05, 3.63) is 24.3 Å². The van der Waals surface area contributed by atoms with Gasteiger partial charge in [0.1, 0.15) is 0 Å². The minimum atomic E-state index is -3.53. The summed E-state index contributed by atoms with van der Waals surface area (Å²) in [6.45, 7) is 9.38. The first-order valence-electron chi connectivity index (χ1n) is 8.73. The quantitative estimate of drug-likeness (QED) is 0.717. The van der Waals surface area contributed by atoms with Gasteiger partial charge in [0.05, 0.1) is 11.4 Å². The summed E-state index contributed by atoms with van der Waals surface area (Å²) in [5.74, 6) is -0.133. The SMILES string of the molecule is CCN(CC)S(=O)(=O)c1cccc(NC(=O)CN2CCNC[C@H]2C)c1.Cl. The lowest BCUT2D eigenvalue weighted by Crippen LogP contribution is -2.51. The molecule has 0 saturated carbocycles. The molecule has 7 nitrogen and oxygen atoms in total. The molecular weight excluding hydrogens is 376 g/mol. The van der Waals surface area contributed by atoms with Crippen LogP contribution in [-0.4, -0.2) is 68.8 Å². The maximum Gasteiger partial charge on any atom is 0.243 e. The number of amides is 1. The van der Waals surface area contributed by atoms with E-state index < -0.39 is 10.0 Å². The average Bonchev–Trinajstić information content (AvgIpc) is 2.58. The van der Waals surface area contributed by atoms with Gasteiger partial charge in [0, 0.05) is 44.5 Å². The van der Waals surface area contributed by atoms with E-state index >= 15 is 0 Å². The van der Waals surface area contributed by atoms with E-state index in [2.05, 4.69) is 22.5 Å². The molecule has 0 radical (unpaired) electrons. The smallest absolute Gasteiger partial charge is 0.243 e. The lowest BCUT2D eigenvalue weighted by Gasteiger charge is -2.33. The number of hydrogen-bond donors (Lipinski definition) is 2. The van der Waals surface area contributed by atoms with Crippen molar-refractivity contribution in [1.82, 2.24) is 14.5 Å². The minimum absolute atomic E-state index is 0. The van der Waals surface area contributed by atoms with Gasteiger partial charge in [0.15, 0.2) is 0 Å². The van der Waals surface area contributed by atoms with Gasteiger partial charge in [-0.3, -0.25) is 9.69 Å². The number of carbonyl (C=O) groups is 1. The average molecular weight is 405 g/mol. The van der Waals surface area contributed by atoms with E-state index in [-0.39, 0.29) is 23.2 Å². The first kappa shape index (κ1) is 22.9. The van der Waals surface area contributed by atoms with Crippen molar-refractivity contribution >= 4 is 34.0 Å². The summed E-state index contributed by atoms with van der Waals surface area (Å²) >= 11 is 0. The molecule has 1 aromatic rings. The molecule has 1 aliphatic rings. The van der Waals surface area contributed by atoms with E-state index in [0.29, 0.717) is 31.4 Å². The monoisotopic (exact) mass is 404 g/mol. The van der Waals surface area contributed by atoms with Crippen molar-refractivity contribution in [3.8, 4) is 0 Å². The molecule has 1 amide bonds. The maximum absolute atomic E-state index is 12.6. The van der Waals surface area contributed by atoms with Crippen molar-refractivity contribution in [2.75, 3.05) is 44.6 Å². The lowest BCUT2D eigenvalue weighted by molar-refractivity contribution is -0.118. The van der Waals surface area contributed by atoms with Crippen LogP contribution in [0.4, 0.5) is 5.69 Å². The molecule has 1 fully saturated rings. The van der Waals surface area contributed by atoms with Crippen LogP contribution in [0.25, 0.3) is 0 Å². The number of anilines is 1. The highest BCUT2D eigenvalue weighted by Crippen LogP contribution is 2.19. The Morgan fingerprint density at radius 3 is 2.65 bits per heavy atom. The van der Waals surface area contributed by atoms with Gasteiger partial charge >= 0.3 is 0 Å². The zero-order valence-electron chi connectivity index (χ0n) is 15.6. The van der Waals surface area contributed by atoms with E-state index in [0.717, 1.165) is 19.6 Å². The summed E-state index contributed by atoms with van der Waals surface area (Å²) < 4.78 is 26.6. The van der Waals surface area contributed by atoms with Gasteiger partial charge in [-0.1, -0.05) is 19.9 Å². The van der Waals surface area contributed by atoms with E-state index in [4.69, 9.17) is 0 Å². The molecule has 148 valence electrons. The van der Waals surface area contributed by atoms with Crippen LogP contribution in [0.5, 0.6) is 0 Å². The maximum atomic E-state index is 12.6. The Balaban J connectivity index is 0.00000338. The molecule has 2 N–H and O–H groups in total. The number of nitrogens with zero attached hydrogens (tertiary/aromatic N) is 2. The van der Waals surface area contributed by atoms with Crippen LogP contribution in [0.2, 0.25) is 0 Å². The summed E-state index contributed by atoms with van der Waals surface area (Å²) in [5, 5.41) is 6.10. The van der Waals surface area contributed by atoms with Crippen LogP contribution in [0.15, 0.2) is 29.2 Å². The molecule has 2 rings (SSSR count). The normalized spacial score (nSPS) is 18.4. The lowest BCUT2D eigenvalue weighted by atomic mass is 10.2. The fourth-order valence-corrected chi connectivity index (χ4v) is 4.45. The zero-order valence-corrected chi connectivity index (χ0v) is 17.2. The van der Waals surface area contributed by atoms with Crippen LogP contribution < -0.4 is 10.6 Å². The van der Waals surface area contributed by atoms with Crippen molar-refractivity contribution in [1.29, 1.82) is 0 Å². The Labute approximate surface area is 162 Å². The molecule has 0 aliphatic carbocycles. The number of carbonyl (C=O) groups excluding carboxylic acids is 1. The Morgan fingerprint density at radius 1 is 1.35 bits per heavy atom. The van der Waals surface area contributed by atoms with Crippen LogP contribution in [0.3, 0.4) is 0 Å². The number of benzene rings is 1. The number of hydrogen-bond acceptors (Lipinski definition) is 5. The summed E-state index contributed by atoms with van der Waals surface area (Å²) in [6, 6.07) is 6.74. The predicted octanol–water partition coefficient (Wildman–Crippen LogP) is 1.37. The van der Waals surface area contributed by atoms with Crippen molar-refractivity contribution in [2.24, 2.45) is 0 Å². The summed E-state index contributed by atoms with van der Waals surface area (Å²) in [4.78, 5) is 14.6. The Morgan fingerprint density at radius 2 is 2.04 bits per heavy atom. The van der Waals surface area contributed by atoms with Crippen LogP contribution in [0, 0.1) is 0 Å². The number of sulfonamides is 1. The second kappa shape index (κ2) is 10.2. The third kappa shape index (κ3) is 5.65. The Kier molecular flexibility index (Phi) is 8.99. The van der Waals surface area contributed by atoms with Gasteiger partial charge in [-0.2, -0.15) is 4.31 Å². The fourth-order valence-electron chi connectivity index (χ4n) is 2.95. The molecular formula is C17H29ClN4O3S. The predicted molar refractivity (Wildman–Crippen MR) is 106 cm³/mol. The third-order valence-electron chi connectivity index (χ3n) is 4.45. The molecule has 1 aliphatic heterocycles. The van der Waals surface area contributed by atoms with Crippen molar-refractivity contribution < 1.29 is 13.2 Å². The zero-order chi connectivity index (χ0) is 18.4. The minimum Gasteiger partial charge on any atom is -0.325 e. The number of halogens is 1. The molecule has 1 saturated heterocycles. The molecule has 0 spiro atoms. The Hall–Kier alpha value is -1.19. The van der Waals surface area contributed by atoms with Crippen molar-refractivity contribution in [3.63, 3.8) is 0 Å². The standard InChI is InChI=1S/C17H28N4O3S.ClH/c1-4-21(5-2)25(23,24)16-8-6-7-15(11-16)19-17(22)13-20-10-9-18-12-14(20)3;/h6-8,11,14,18H,4-5,9-10,12-13H2,1-3H3,(H,19,22);1H/t14-;/m1./s1. The molecule has 1 atom stereocenters. The first-order valence-corrected chi connectivity index (χ1v) is 10.2. The molecule has 1 aromatic carbocycles. The van der Waals surface area contributed by atoms with E-state index in [1.54, 1.807) is 32.0 Å². The summed E-state index contributed by atoms with van der Waals surface area (Å²) in [7, 11) is -3.53. The summed E-state index contributed by atoms with van der Waals surface area (Å²) in [6.07, 6.45) is 0. The largest absolute Gasteiger partial charge is 0.325 e. The van der Waals surface area contributed by atoms with Crippen LogP contribution in [0.1, 0.15) is 20.8 Å². The second-order valence-electron chi connectivity index (χ2n) is 6.19. The third-order valence-corrected chi connectivity index (χ3v) is 6.49. The van der Waals surface area contributed by atoms with E-state index in [1.807, 2.05) is 0 Å². The highest BCUT2D eigenvalue weighted by Gasteiger charge is 2.23. The second-order valence-corrected chi connectivity index (χ2v) is 8.13. The Bertz CT molecular complexity index is 695. The van der Waals surface area contributed by atoms with Gasteiger partial charge in [0.2, 0.25) is 15.9 Å². The number of rotatable bonds is 7. The summed E-state index contributed by atoms with van der Waals surface area (Å²) in [5.41, 5.74) is 0.501. The van der Waals surface area contributed by atoms with Crippen LogP contribution >= 0.6 is 12.4 Å². The fraction of sp³-hybridized carbons (Fsp3) is 0.588.